The molecule has 3 rings (SSSR count). The summed E-state index contributed by atoms with van der Waals surface area (Å²) < 4.78 is 6.52. The van der Waals surface area contributed by atoms with E-state index in [1.54, 1.807) is 0 Å². The summed E-state index contributed by atoms with van der Waals surface area (Å²) >= 11 is 5.85. The number of fused-ring (bicyclic) bond motifs is 1. The Hall–Kier alpha value is -1.52. The van der Waals surface area contributed by atoms with Gasteiger partial charge in [-0.15, -0.1) is 0 Å². The fourth-order valence-corrected chi connectivity index (χ4v) is 2.51. The predicted molar refractivity (Wildman–Crippen MR) is 66.2 cm³/mol. The molecule has 3 atom stereocenters. The van der Waals surface area contributed by atoms with Gasteiger partial charge in [0, 0.05) is 0 Å². The molecule has 1 aliphatic rings. The van der Waals surface area contributed by atoms with E-state index in [0.29, 0.717) is 0 Å². The summed E-state index contributed by atoms with van der Waals surface area (Å²) in [5.41, 5.74) is -2.12. The van der Waals surface area contributed by atoms with E-state index in [-0.39, 0.29) is 22.9 Å². The zero-order valence-corrected chi connectivity index (χ0v) is 10.8. The second-order valence-electron chi connectivity index (χ2n) is 4.47. The van der Waals surface area contributed by atoms with Gasteiger partial charge in [-0.25, -0.2) is 9.78 Å². The number of H-pyrrole nitrogens is 1. The molecule has 2 aromatic rings. The van der Waals surface area contributed by atoms with Crippen LogP contribution in [0, 0.1) is 0 Å². The van der Waals surface area contributed by atoms with Gasteiger partial charge in [0.05, 0.1) is 19.5 Å². The Balaban J connectivity index is 2.26. The minimum absolute atomic E-state index is 0.0140. The monoisotopic (exact) mass is 302 g/mol. The molecule has 1 saturated heterocycles. The van der Waals surface area contributed by atoms with Gasteiger partial charge < -0.3 is 20.1 Å². The molecule has 3 heterocycles. The average Bonchev–Trinajstić information content (AvgIpc) is 2.94. The van der Waals surface area contributed by atoms with Crippen molar-refractivity contribution in [3.8, 4) is 0 Å². The van der Waals surface area contributed by atoms with Crippen LogP contribution in [0.15, 0.2) is 11.1 Å². The summed E-state index contributed by atoms with van der Waals surface area (Å²) in [6.45, 7) is -0.804. The van der Waals surface area contributed by atoms with E-state index in [1.165, 1.54) is 10.9 Å². The second kappa shape index (κ2) is 4.50. The minimum Gasteiger partial charge on any atom is -0.391 e. The largest absolute Gasteiger partial charge is 0.391 e. The number of rotatable bonds is 2. The number of ether oxygens (including phenoxy) is 1. The van der Waals surface area contributed by atoms with Gasteiger partial charge in [0.15, 0.2) is 11.4 Å². The van der Waals surface area contributed by atoms with E-state index >= 15 is 0 Å². The quantitative estimate of drug-likeness (QED) is 0.479. The molecular formula is C10H11ClN4O5. The van der Waals surface area contributed by atoms with Gasteiger partial charge in [0.1, 0.15) is 22.9 Å². The summed E-state index contributed by atoms with van der Waals surface area (Å²) in [6.07, 6.45) is -1.34. The molecule has 0 saturated carbocycles. The summed E-state index contributed by atoms with van der Waals surface area (Å²) in [4.78, 5) is 21.4. The molecule has 9 nitrogen and oxygen atoms in total. The van der Waals surface area contributed by atoms with Crippen molar-refractivity contribution in [1.29, 1.82) is 0 Å². The molecule has 4 N–H and O–H groups in total. The molecule has 0 amide bonds. The number of nitrogens with zero attached hydrogens (tertiary/aromatic N) is 3. The molecule has 10 heteroatoms. The highest BCUT2D eigenvalue weighted by molar-refractivity contribution is 6.33. The third kappa shape index (κ3) is 1.68. The van der Waals surface area contributed by atoms with E-state index in [2.05, 4.69) is 15.0 Å². The Morgan fingerprint density at radius 3 is 2.95 bits per heavy atom. The first kappa shape index (κ1) is 13.5. The zero-order valence-electron chi connectivity index (χ0n) is 10.0. The topological polar surface area (TPSA) is 133 Å². The highest BCUT2D eigenvalue weighted by Crippen LogP contribution is 2.33. The molecular weight excluding hydrogens is 292 g/mol. The first-order valence-electron chi connectivity index (χ1n) is 5.74. The lowest BCUT2D eigenvalue weighted by atomic mass is 10.1. The average molecular weight is 303 g/mol. The van der Waals surface area contributed by atoms with Gasteiger partial charge in [-0.2, -0.15) is 4.98 Å². The molecule has 0 spiro atoms. The van der Waals surface area contributed by atoms with E-state index < -0.39 is 30.2 Å². The third-order valence-corrected chi connectivity index (χ3v) is 3.61. The van der Waals surface area contributed by atoms with Crippen LogP contribution in [-0.2, 0) is 10.5 Å². The van der Waals surface area contributed by atoms with Crippen LogP contribution in [0.4, 0.5) is 0 Å². The number of aromatic amines is 1. The number of hydrogen-bond acceptors (Lipinski definition) is 7. The lowest BCUT2D eigenvalue weighted by Gasteiger charge is -2.31. The number of aliphatic hydroxyl groups is 3. The highest BCUT2D eigenvalue weighted by Gasteiger charge is 2.51. The second-order valence-corrected chi connectivity index (χ2v) is 4.85. The smallest absolute Gasteiger partial charge is 0.348 e. The van der Waals surface area contributed by atoms with Gasteiger partial charge in [0.2, 0.25) is 0 Å². The summed E-state index contributed by atoms with van der Waals surface area (Å²) in [5, 5.41) is 29.2. The number of imidazole rings is 1. The van der Waals surface area contributed by atoms with Crippen LogP contribution >= 0.6 is 11.6 Å². The molecule has 0 aliphatic carbocycles. The highest BCUT2D eigenvalue weighted by atomic mass is 35.5. The SMILES string of the molecule is O=c1nc2c(ncn2[C@@]2(CO)OC[C@H](O)[C@@H]2O)c(Cl)[nH]1. The first-order valence-corrected chi connectivity index (χ1v) is 6.11. The fraction of sp³-hybridized carbons (Fsp3) is 0.500. The van der Waals surface area contributed by atoms with Crippen molar-refractivity contribution in [3.63, 3.8) is 0 Å². The van der Waals surface area contributed by atoms with Crippen LogP contribution in [0.25, 0.3) is 11.2 Å². The summed E-state index contributed by atoms with van der Waals surface area (Å²) in [7, 11) is 0. The first-order chi connectivity index (χ1) is 9.49. The third-order valence-electron chi connectivity index (χ3n) is 3.34. The maximum atomic E-state index is 11.4. The number of hydrogen-bond donors (Lipinski definition) is 4. The van der Waals surface area contributed by atoms with Gasteiger partial charge >= 0.3 is 5.69 Å². The molecule has 0 bridgehead atoms. The molecule has 0 aromatic carbocycles. The van der Waals surface area contributed by atoms with Crippen LogP contribution < -0.4 is 5.69 Å². The van der Waals surface area contributed by atoms with Crippen LogP contribution in [0.2, 0.25) is 5.15 Å². The number of aliphatic hydroxyl groups excluding tert-OH is 3. The Kier molecular flexibility index (Phi) is 3.03. The Morgan fingerprint density at radius 2 is 2.35 bits per heavy atom. The molecule has 20 heavy (non-hydrogen) atoms. The lowest BCUT2D eigenvalue weighted by molar-refractivity contribution is -0.149. The van der Waals surface area contributed by atoms with Crippen molar-refractivity contribution in [2.45, 2.75) is 17.9 Å². The van der Waals surface area contributed by atoms with Crippen molar-refractivity contribution in [2.24, 2.45) is 0 Å². The maximum Gasteiger partial charge on any atom is 0.348 e. The minimum atomic E-state index is -1.65. The van der Waals surface area contributed by atoms with E-state index in [1.807, 2.05) is 0 Å². The normalized spacial score (nSPS) is 30.2. The molecule has 2 aromatic heterocycles. The van der Waals surface area contributed by atoms with Crippen molar-refractivity contribution >= 4 is 22.8 Å². The van der Waals surface area contributed by atoms with Crippen LogP contribution in [-0.4, -0.2) is 60.3 Å². The predicted octanol–water partition coefficient (Wildman–Crippen LogP) is -1.83. The van der Waals surface area contributed by atoms with Gasteiger partial charge in [0.25, 0.3) is 0 Å². The Morgan fingerprint density at radius 1 is 1.60 bits per heavy atom. The fourth-order valence-electron chi connectivity index (χ4n) is 2.29. The van der Waals surface area contributed by atoms with Gasteiger partial charge in [-0.1, -0.05) is 11.6 Å². The molecule has 1 aliphatic heterocycles. The maximum absolute atomic E-state index is 11.4. The van der Waals surface area contributed by atoms with Crippen LogP contribution in [0.3, 0.4) is 0 Å². The van der Waals surface area contributed by atoms with Gasteiger partial charge in [-0.3, -0.25) is 9.55 Å². The molecule has 0 radical (unpaired) electrons. The molecule has 108 valence electrons. The zero-order chi connectivity index (χ0) is 14.5. The summed E-state index contributed by atoms with van der Waals surface area (Å²) in [5.74, 6) is 0. The van der Waals surface area contributed by atoms with E-state index in [9.17, 15) is 20.1 Å². The lowest BCUT2D eigenvalue weighted by Crippen LogP contribution is -2.48. The van der Waals surface area contributed by atoms with Crippen molar-refractivity contribution in [2.75, 3.05) is 13.2 Å². The van der Waals surface area contributed by atoms with E-state index in [4.69, 9.17) is 16.3 Å². The van der Waals surface area contributed by atoms with E-state index in [0.717, 1.165) is 0 Å². The molecule has 1 fully saturated rings. The van der Waals surface area contributed by atoms with Crippen molar-refractivity contribution in [1.82, 2.24) is 19.5 Å². The molecule has 0 unspecified atom stereocenters. The summed E-state index contributed by atoms with van der Waals surface area (Å²) in [6, 6.07) is 0. The Labute approximate surface area is 116 Å². The number of nitrogens with one attached hydrogen (secondary N) is 1. The number of aromatic nitrogens is 4. The van der Waals surface area contributed by atoms with Crippen molar-refractivity contribution < 1.29 is 20.1 Å². The Bertz CT molecular complexity index is 715. The van der Waals surface area contributed by atoms with Crippen LogP contribution in [0.1, 0.15) is 0 Å². The standard InChI is InChI=1S/C10H11ClN4O5/c11-7-5-8(14-9(19)13-7)15(3-12-5)10(2-16)6(18)4(17)1-20-10/h3-4,6,16-18H,1-2H2,(H,13,14,19)/t4-,6-,10-/m0/s1. The van der Waals surface area contributed by atoms with Gasteiger partial charge in [-0.05, 0) is 0 Å². The van der Waals surface area contributed by atoms with Crippen molar-refractivity contribution in [3.05, 3.63) is 22.0 Å². The van der Waals surface area contributed by atoms with Crippen LogP contribution in [0.5, 0.6) is 0 Å². The number of halogens is 1.